The number of ketones is 1. The summed E-state index contributed by atoms with van der Waals surface area (Å²) in [5.41, 5.74) is 4.61. The number of benzene rings is 2. The van der Waals surface area contributed by atoms with E-state index in [0.717, 1.165) is 6.42 Å². The Morgan fingerprint density at radius 1 is 0.926 bits per heavy atom. The Bertz CT molecular complexity index is 760. The van der Waals surface area contributed by atoms with Gasteiger partial charge < -0.3 is 5.32 Å². The SMILES string of the molecule is CCc1ccccc1-c1ccc(C[C@H](NC(C)(C)C)C(=O)C(C)(C)C)cc1. The monoisotopic (exact) mass is 365 g/mol. The van der Waals surface area contributed by atoms with Gasteiger partial charge in [0.1, 0.15) is 0 Å². The van der Waals surface area contributed by atoms with Crippen LogP contribution in [0.15, 0.2) is 48.5 Å². The van der Waals surface area contributed by atoms with Crippen LogP contribution in [0.3, 0.4) is 0 Å². The maximum atomic E-state index is 13.0. The summed E-state index contributed by atoms with van der Waals surface area (Å²) < 4.78 is 0. The van der Waals surface area contributed by atoms with Crippen LogP contribution in [0, 0.1) is 5.41 Å². The van der Waals surface area contributed by atoms with Gasteiger partial charge in [-0.05, 0) is 55.9 Å². The summed E-state index contributed by atoms with van der Waals surface area (Å²) in [4.78, 5) is 13.0. The zero-order chi connectivity index (χ0) is 20.2. The normalized spacial score (nSPS) is 13.4. The molecule has 0 amide bonds. The van der Waals surface area contributed by atoms with Crippen molar-refractivity contribution in [2.24, 2.45) is 5.41 Å². The van der Waals surface area contributed by atoms with Crippen LogP contribution in [0.4, 0.5) is 0 Å². The summed E-state index contributed by atoms with van der Waals surface area (Å²) in [6.07, 6.45) is 1.73. The molecule has 1 atom stereocenters. The summed E-state index contributed by atoms with van der Waals surface area (Å²) in [5, 5.41) is 3.53. The first-order chi connectivity index (χ1) is 12.5. The van der Waals surface area contributed by atoms with E-state index in [9.17, 15) is 4.79 Å². The highest BCUT2D eigenvalue weighted by Gasteiger charge is 2.31. The molecule has 27 heavy (non-hydrogen) atoms. The van der Waals surface area contributed by atoms with Crippen LogP contribution < -0.4 is 5.32 Å². The summed E-state index contributed by atoms with van der Waals surface area (Å²) in [5.74, 6) is 0.262. The first kappa shape index (κ1) is 21.4. The molecular weight excluding hydrogens is 330 g/mol. The van der Waals surface area contributed by atoms with E-state index >= 15 is 0 Å². The van der Waals surface area contributed by atoms with Gasteiger partial charge in [-0.2, -0.15) is 0 Å². The Balaban J connectivity index is 2.25. The summed E-state index contributed by atoms with van der Waals surface area (Å²) >= 11 is 0. The second kappa shape index (κ2) is 8.39. The van der Waals surface area contributed by atoms with Gasteiger partial charge in [0.15, 0.2) is 5.78 Å². The molecule has 0 spiro atoms. The van der Waals surface area contributed by atoms with Crippen molar-refractivity contribution in [2.75, 3.05) is 0 Å². The maximum Gasteiger partial charge on any atom is 0.155 e. The van der Waals surface area contributed by atoms with Crippen molar-refractivity contribution in [2.45, 2.75) is 72.9 Å². The molecule has 0 fully saturated rings. The Kier molecular flexibility index (Phi) is 6.64. The van der Waals surface area contributed by atoms with Gasteiger partial charge in [0.05, 0.1) is 6.04 Å². The number of nitrogens with one attached hydrogen (secondary N) is 1. The van der Waals surface area contributed by atoms with Crippen molar-refractivity contribution in [3.8, 4) is 11.1 Å². The highest BCUT2D eigenvalue weighted by Crippen LogP contribution is 2.26. The molecule has 0 aliphatic rings. The zero-order valence-electron chi connectivity index (χ0n) is 18.0. The molecule has 0 saturated carbocycles. The molecule has 0 saturated heterocycles. The number of hydrogen-bond donors (Lipinski definition) is 1. The largest absolute Gasteiger partial charge is 0.302 e. The van der Waals surface area contributed by atoms with Gasteiger partial charge in [-0.15, -0.1) is 0 Å². The van der Waals surface area contributed by atoms with E-state index in [4.69, 9.17) is 0 Å². The van der Waals surface area contributed by atoms with Gasteiger partial charge in [0, 0.05) is 11.0 Å². The zero-order valence-corrected chi connectivity index (χ0v) is 18.0. The van der Waals surface area contributed by atoms with Crippen LogP contribution in [0.2, 0.25) is 0 Å². The van der Waals surface area contributed by atoms with Crippen LogP contribution in [-0.4, -0.2) is 17.4 Å². The van der Waals surface area contributed by atoms with E-state index in [1.807, 2.05) is 20.8 Å². The molecule has 2 aromatic rings. The van der Waals surface area contributed by atoms with Crippen molar-refractivity contribution in [1.29, 1.82) is 0 Å². The van der Waals surface area contributed by atoms with Crippen LogP contribution >= 0.6 is 0 Å². The second-order valence-electron chi connectivity index (χ2n) is 9.47. The second-order valence-corrected chi connectivity index (χ2v) is 9.47. The predicted molar refractivity (Wildman–Crippen MR) is 116 cm³/mol. The van der Waals surface area contributed by atoms with Crippen molar-refractivity contribution < 1.29 is 4.79 Å². The van der Waals surface area contributed by atoms with E-state index in [0.29, 0.717) is 6.42 Å². The number of Topliss-reactive ketones (excluding diaryl/α,β-unsaturated/α-hetero) is 1. The topological polar surface area (TPSA) is 29.1 Å². The van der Waals surface area contributed by atoms with Gasteiger partial charge in [0.25, 0.3) is 0 Å². The molecule has 0 aliphatic carbocycles. The molecule has 146 valence electrons. The lowest BCUT2D eigenvalue weighted by atomic mass is 9.83. The molecule has 0 heterocycles. The lowest BCUT2D eigenvalue weighted by Gasteiger charge is -2.32. The fourth-order valence-corrected chi connectivity index (χ4v) is 3.42. The van der Waals surface area contributed by atoms with Crippen molar-refractivity contribution in [1.82, 2.24) is 5.32 Å². The van der Waals surface area contributed by atoms with Crippen LogP contribution in [0.25, 0.3) is 11.1 Å². The lowest BCUT2D eigenvalue weighted by molar-refractivity contribution is -0.128. The molecule has 0 bridgehead atoms. The van der Waals surface area contributed by atoms with Crippen molar-refractivity contribution in [3.05, 3.63) is 59.7 Å². The minimum Gasteiger partial charge on any atom is -0.302 e. The van der Waals surface area contributed by atoms with E-state index in [2.05, 4.69) is 81.5 Å². The minimum absolute atomic E-state index is 0.106. The first-order valence-corrected chi connectivity index (χ1v) is 10.0. The molecule has 0 aliphatic heterocycles. The smallest absolute Gasteiger partial charge is 0.155 e. The highest BCUT2D eigenvalue weighted by molar-refractivity contribution is 5.89. The number of carbonyl (C=O) groups excluding carboxylic acids is 1. The summed E-state index contributed by atoms with van der Waals surface area (Å²) in [6.45, 7) is 14.5. The van der Waals surface area contributed by atoms with Crippen LogP contribution in [0.1, 0.15) is 59.6 Å². The molecule has 2 rings (SSSR count). The van der Waals surface area contributed by atoms with Gasteiger partial charge in [-0.1, -0.05) is 76.2 Å². The van der Waals surface area contributed by atoms with Crippen LogP contribution in [0.5, 0.6) is 0 Å². The van der Waals surface area contributed by atoms with E-state index < -0.39 is 0 Å². The third-order valence-corrected chi connectivity index (χ3v) is 4.77. The van der Waals surface area contributed by atoms with E-state index in [-0.39, 0.29) is 22.8 Å². The third kappa shape index (κ3) is 6.04. The van der Waals surface area contributed by atoms with Crippen LogP contribution in [-0.2, 0) is 17.6 Å². The molecule has 0 aromatic heterocycles. The number of carbonyl (C=O) groups is 1. The van der Waals surface area contributed by atoms with Gasteiger partial charge >= 0.3 is 0 Å². The standard InChI is InChI=1S/C25H35NO/c1-8-19-11-9-10-12-21(19)20-15-13-18(14-16-20)17-22(26-25(5,6)7)23(27)24(2,3)4/h9-16,22,26H,8,17H2,1-7H3/t22-/m0/s1. The van der Waals surface area contributed by atoms with E-state index in [1.54, 1.807) is 0 Å². The Hall–Kier alpha value is -1.93. The average molecular weight is 366 g/mol. The quantitative estimate of drug-likeness (QED) is 0.698. The average Bonchev–Trinajstić information content (AvgIpc) is 2.59. The number of rotatable bonds is 6. The molecule has 2 nitrogen and oxygen atoms in total. The molecule has 0 unspecified atom stereocenters. The summed E-state index contributed by atoms with van der Waals surface area (Å²) in [7, 11) is 0. The van der Waals surface area contributed by atoms with Gasteiger partial charge in [0.2, 0.25) is 0 Å². The minimum atomic E-state index is -0.358. The maximum absolute atomic E-state index is 13.0. The van der Waals surface area contributed by atoms with E-state index in [1.165, 1.54) is 22.3 Å². The lowest BCUT2D eigenvalue weighted by Crippen LogP contribution is -2.51. The molecule has 0 radical (unpaired) electrons. The molecule has 2 aromatic carbocycles. The Morgan fingerprint density at radius 2 is 1.52 bits per heavy atom. The third-order valence-electron chi connectivity index (χ3n) is 4.77. The van der Waals surface area contributed by atoms with Gasteiger partial charge in [-0.3, -0.25) is 4.79 Å². The molecule has 2 heteroatoms. The Morgan fingerprint density at radius 3 is 2.04 bits per heavy atom. The fraction of sp³-hybridized carbons (Fsp3) is 0.480. The first-order valence-electron chi connectivity index (χ1n) is 10.0. The fourth-order valence-electron chi connectivity index (χ4n) is 3.42. The predicted octanol–water partition coefficient (Wildman–Crippen LogP) is 5.83. The Labute approximate surface area is 165 Å². The van der Waals surface area contributed by atoms with Gasteiger partial charge in [-0.25, -0.2) is 0 Å². The highest BCUT2D eigenvalue weighted by atomic mass is 16.1. The number of hydrogen-bond acceptors (Lipinski definition) is 2. The molecular formula is C25H35NO. The number of aryl methyl sites for hydroxylation is 1. The van der Waals surface area contributed by atoms with Crippen molar-refractivity contribution in [3.63, 3.8) is 0 Å². The van der Waals surface area contributed by atoms with Crippen molar-refractivity contribution >= 4 is 5.78 Å². The summed E-state index contributed by atoms with van der Waals surface area (Å²) in [6, 6.07) is 17.1. The molecule has 1 N–H and O–H groups in total.